The fraction of sp³-hybridized carbons (Fsp3) is 0.250. The maximum Gasteiger partial charge on any atom is 0.286 e. The highest BCUT2D eigenvalue weighted by Gasteiger charge is 2.37. The summed E-state index contributed by atoms with van der Waals surface area (Å²) in [4.78, 5) is 12.4. The van der Waals surface area contributed by atoms with E-state index >= 15 is 0 Å². The van der Waals surface area contributed by atoms with E-state index in [1.807, 2.05) is 6.07 Å². The van der Waals surface area contributed by atoms with E-state index < -0.39 is 27.8 Å². The Morgan fingerprint density at radius 3 is 2.63 bits per heavy atom. The van der Waals surface area contributed by atoms with Crippen LogP contribution in [0.1, 0.15) is 39.3 Å². The Balaban J connectivity index is 1.51. The second-order valence-electron chi connectivity index (χ2n) is 6.89. The van der Waals surface area contributed by atoms with Crippen LogP contribution in [0.3, 0.4) is 0 Å². The van der Waals surface area contributed by atoms with Gasteiger partial charge in [0.25, 0.3) is 5.91 Å². The standard InChI is InChI=1S/C20H19FN4O3S2/c21-15-9-4-5-10-16(15)22-18(26)20-24-23-19(29-20)17-11-6-12-25(17)30(27,28)13-14-7-2-1-3-8-14/h1-5,7-10,17H,6,11-13H2,(H,22,26). The molecule has 10 heteroatoms. The third kappa shape index (κ3) is 4.40. The molecule has 2 heterocycles. The maximum absolute atomic E-state index is 13.8. The number of rotatable bonds is 6. The second-order valence-corrected chi connectivity index (χ2v) is 9.82. The quantitative estimate of drug-likeness (QED) is 0.625. The zero-order chi connectivity index (χ0) is 21.1. The van der Waals surface area contributed by atoms with Gasteiger partial charge in [-0.15, -0.1) is 10.2 Å². The number of carbonyl (C=O) groups is 1. The Labute approximate surface area is 177 Å². The summed E-state index contributed by atoms with van der Waals surface area (Å²) in [6, 6.07) is 14.4. The molecule has 1 unspecified atom stereocenters. The summed E-state index contributed by atoms with van der Waals surface area (Å²) in [5.41, 5.74) is 0.762. The molecule has 1 aromatic heterocycles. The summed E-state index contributed by atoms with van der Waals surface area (Å²) in [5, 5.41) is 10.9. The number of nitrogens with zero attached hydrogens (tertiary/aromatic N) is 3. The molecule has 1 atom stereocenters. The number of aromatic nitrogens is 2. The number of nitrogens with one attached hydrogen (secondary N) is 1. The van der Waals surface area contributed by atoms with Crippen LogP contribution in [0.15, 0.2) is 54.6 Å². The molecular formula is C20H19FN4O3S2. The van der Waals surface area contributed by atoms with Crippen LogP contribution in [0.2, 0.25) is 0 Å². The molecule has 0 bridgehead atoms. The minimum Gasteiger partial charge on any atom is -0.317 e. The van der Waals surface area contributed by atoms with Crippen molar-refractivity contribution < 1.29 is 17.6 Å². The van der Waals surface area contributed by atoms with Crippen LogP contribution in [-0.4, -0.2) is 35.4 Å². The molecule has 156 valence electrons. The Bertz CT molecular complexity index is 1150. The van der Waals surface area contributed by atoms with Gasteiger partial charge in [0.15, 0.2) is 0 Å². The molecule has 1 N–H and O–H groups in total. The molecule has 1 fully saturated rings. The van der Waals surface area contributed by atoms with Gasteiger partial charge < -0.3 is 5.32 Å². The van der Waals surface area contributed by atoms with Gasteiger partial charge in [0, 0.05) is 6.54 Å². The minimum absolute atomic E-state index is 0.0483. The van der Waals surface area contributed by atoms with Crippen molar-refractivity contribution in [1.29, 1.82) is 0 Å². The molecule has 1 amide bonds. The third-order valence-corrected chi connectivity index (χ3v) is 7.67. The molecule has 0 aliphatic carbocycles. The van der Waals surface area contributed by atoms with Gasteiger partial charge in [-0.05, 0) is 30.5 Å². The maximum atomic E-state index is 13.8. The van der Waals surface area contributed by atoms with Gasteiger partial charge >= 0.3 is 0 Å². The van der Waals surface area contributed by atoms with Crippen molar-refractivity contribution in [1.82, 2.24) is 14.5 Å². The van der Waals surface area contributed by atoms with Gasteiger partial charge in [0.2, 0.25) is 15.0 Å². The second kappa shape index (κ2) is 8.58. The van der Waals surface area contributed by atoms with Crippen LogP contribution in [0.5, 0.6) is 0 Å². The van der Waals surface area contributed by atoms with Crippen LogP contribution in [-0.2, 0) is 15.8 Å². The first-order valence-corrected chi connectivity index (χ1v) is 11.8. The number of anilines is 1. The molecule has 0 spiro atoms. The van der Waals surface area contributed by atoms with Crippen molar-refractivity contribution in [2.45, 2.75) is 24.6 Å². The van der Waals surface area contributed by atoms with Crippen LogP contribution in [0.25, 0.3) is 0 Å². The molecule has 3 aromatic rings. The first kappa shape index (κ1) is 20.6. The highest BCUT2D eigenvalue weighted by molar-refractivity contribution is 7.88. The summed E-state index contributed by atoms with van der Waals surface area (Å²) < 4.78 is 41.1. The summed E-state index contributed by atoms with van der Waals surface area (Å²) in [5.74, 6) is -1.23. The average molecular weight is 447 g/mol. The Morgan fingerprint density at radius 2 is 1.87 bits per heavy atom. The van der Waals surface area contributed by atoms with Crippen molar-refractivity contribution in [3.8, 4) is 0 Å². The summed E-state index contributed by atoms with van der Waals surface area (Å²) in [7, 11) is -3.55. The Kier molecular flexibility index (Phi) is 5.89. The molecule has 4 rings (SSSR count). The van der Waals surface area contributed by atoms with E-state index in [-0.39, 0.29) is 16.4 Å². The lowest BCUT2D eigenvalue weighted by molar-refractivity contribution is 0.102. The topological polar surface area (TPSA) is 92.3 Å². The lowest BCUT2D eigenvalue weighted by atomic mass is 10.2. The van der Waals surface area contributed by atoms with Crippen molar-refractivity contribution in [2.75, 3.05) is 11.9 Å². The number of hydrogen-bond donors (Lipinski definition) is 1. The zero-order valence-electron chi connectivity index (χ0n) is 15.9. The average Bonchev–Trinajstić information content (AvgIpc) is 3.40. The molecule has 1 aliphatic rings. The molecule has 2 aromatic carbocycles. The molecule has 30 heavy (non-hydrogen) atoms. The van der Waals surface area contributed by atoms with Gasteiger partial charge in [-0.3, -0.25) is 4.79 Å². The number of carbonyl (C=O) groups excluding carboxylic acids is 1. The Morgan fingerprint density at radius 1 is 1.13 bits per heavy atom. The SMILES string of the molecule is O=C(Nc1ccccc1F)c1nnc(C2CCCN2S(=O)(=O)Cc2ccccc2)s1. The summed E-state index contributed by atoms with van der Waals surface area (Å²) in [6.45, 7) is 0.399. The highest BCUT2D eigenvalue weighted by atomic mass is 32.2. The number of hydrogen-bond acceptors (Lipinski definition) is 6. The molecule has 7 nitrogen and oxygen atoms in total. The highest BCUT2D eigenvalue weighted by Crippen LogP contribution is 2.36. The van der Waals surface area contributed by atoms with E-state index in [1.54, 1.807) is 30.3 Å². The molecule has 1 saturated heterocycles. The lowest BCUT2D eigenvalue weighted by Crippen LogP contribution is -2.31. The van der Waals surface area contributed by atoms with Crippen LogP contribution in [0, 0.1) is 5.82 Å². The van der Waals surface area contributed by atoms with Crippen molar-refractivity contribution in [2.24, 2.45) is 0 Å². The van der Waals surface area contributed by atoms with Crippen molar-refractivity contribution in [3.63, 3.8) is 0 Å². The van der Waals surface area contributed by atoms with Crippen LogP contribution >= 0.6 is 11.3 Å². The van der Waals surface area contributed by atoms with E-state index in [4.69, 9.17) is 0 Å². The molecule has 0 saturated carbocycles. The fourth-order valence-corrected chi connectivity index (χ4v) is 6.12. The lowest BCUT2D eigenvalue weighted by Gasteiger charge is -2.22. The minimum atomic E-state index is -3.55. The number of para-hydroxylation sites is 1. The summed E-state index contributed by atoms with van der Waals surface area (Å²) in [6.07, 6.45) is 1.31. The molecule has 0 radical (unpaired) electrons. The smallest absolute Gasteiger partial charge is 0.286 e. The third-order valence-electron chi connectivity index (χ3n) is 4.79. The van der Waals surface area contributed by atoms with E-state index in [9.17, 15) is 17.6 Å². The monoisotopic (exact) mass is 446 g/mol. The first-order valence-electron chi connectivity index (χ1n) is 9.37. The van der Waals surface area contributed by atoms with E-state index in [0.717, 1.165) is 11.3 Å². The number of amides is 1. The van der Waals surface area contributed by atoms with Crippen LogP contribution < -0.4 is 5.32 Å². The normalized spacial score (nSPS) is 17.2. The van der Waals surface area contributed by atoms with E-state index in [1.165, 1.54) is 22.5 Å². The Hall–Kier alpha value is -2.69. The van der Waals surface area contributed by atoms with Crippen molar-refractivity contribution in [3.05, 3.63) is 76.0 Å². The van der Waals surface area contributed by atoms with Gasteiger partial charge in [-0.2, -0.15) is 4.31 Å². The fourth-order valence-electron chi connectivity index (χ4n) is 3.39. The largest absolute Gasteiger partial charge is 0.317 e. The van der Waals surface area contributed by atoms with Gasteiger partial charge in [0.05, 0.1) is 17.5 Å². The van der Waals surface area contributed by atoms with E-state index in [2.05, 4.69) is 15.5 Å². The predicted molar refractivity (Wildman–Crippen MR) is 112 cm³/mol. The van der Waals surface area contributed by atoms with E-state index in [0.29, 0.717) is 30.0 Å². The van der Waals surface area contributed by atoms with Crippen LogP contribution in [0.4, 0.5) is 10.1 Å². The molecule has 1 aliphatic heterocycles. The van der Waals surface area contributed by atoms with Gasteiger partial charge in [-0.25, -0.2) is 12.8 Å². The van der Waals surface area contributed by atoms with Gasteiger partial charge in [-0.1, -0.05) is 53.8 Å². The number of benzene rings is 2. The zero-order valence-corrected chi connectivity index (χ0v) is 17.5. The van der Waals surface area contributed by atoms with Crippen molar-refractivity contribution >= 4 is 33.0 Å². The molecular weight excluding hydrogens is 427 g/mol. The number of halogens is 1. The predicted octanol–water partition coefficient (Wildman–Crippen LogP) is 3.60. The first-order chi connectivity index (χ1) is 14.4. The summed E-state index contributed by atoms with van der Waals surface area (Å²) >= 11 is 1.03. The van der Waals surface area contributed by atoms with Gasteiger partial charge in [0.1, 0.15) is 10.8 Å². The number of sulfonamides is 1.